The summed E-state index contributed by atoms with van der Waals surface area (Å²) < 4.78 is 5.85. The van der Waals surface area contributed by atoms with Gasteiger partial charge in [0.2, 0.25) is 0 Å². The third-order valence-electron chi connectivity index (χ3n) is 3.70. The van der Waals surface area contributed by atoms with E-state index in [9.17, 15) is 0 Å². The lowest BCUT2D eigenvalue weighted by Crippen LogP contribution is -2.36. The number of rotatable bonds is 4. The molecule has 2 aliphatic heterocycles. The lowest BCUT2D eigenvalue weighted by molar-refractivity contribution is -0.0255. The number of likely N-dealkylation sites (N-methyl/N-ethyl adjacent to an activating group) is 1. The number of nitrogens with zero attached hydrogens (tertiary/aromatic N) is 3. The van der Waals surface area contributed by atoms with Gasteiger partial charge in [-0.15, -0.1) is 0 Å². The van der Waals surface area contributed by atoms with Crippen LogP contribution in [0.25, 0.3) is 0 Å². The Morgan fingerprint density at radius 2 is 2.30 bits per heavy atom. The van der Waals surface area contributed by atoms with Gasteiger partial charge < -0.3 is 15.0 Å². The van der Waals surface area contributed by atoms with Crippen LogP contribution in [0.5, 0.6) is 0 Å². The second kappa shape index (κ2) is 6.28. The van der Waals surface area contributed by atoms with Crippen LogP contribution in [0.3, 0.4) is 0 Å². The molecule has 2 aliphatic rings. The first kappa shape index (κ1) is 14.1. The molecule has 20 heavy (non-hydrogen) atoms. The minimum absolute atomic E-state index is 0.00632. The van der Waals surface area contributed by atoms with Crippen LogP contribution in [-0.2, 0) is 16.2 Å². The van der Waals surface area contributed by atoms with Gasteiger partial charge in [-0.1, -0.05) is 6.92 Å². The number of fused-ring (bicyclic) bond motifs is 1. The average Bonchev–Trinajstić information content (AvgIpc) is 2.93. The van der Waals surface area contributed by atoms with Crippen LogP contribution < -0.4 is 5.32 Å². The van der Waals surface area contributed by atoms with E-state index in [1.807, 2.05) is 11.8 Å². The second-order valence-electron chi connectivity index (χ2n) is 5.40. The molecule has 0 radical (unpaired) electrons. The normalized spacial score (nSPS) is 22.8. The third kappa shape index (κ3) is 2.92. The van der Waals surface area contributed by atoms with Gasteiger partial charge >= 0.3 is 0 Å². The Labute approximate surface area is 124 Å². The highest BCUT2D eigenvalue weighted by atomic mass is 32.2. The molecule has 1 aromatic heterocycles. The molecule has 110 valence electrons. The number of hydrogen-bond donors (Lipinski definition) is 1. The van der Waals surface area contributed by atoms with Crippen molar-refractivity contribution in [3.05, 3.63) is 17.1 Å². The van der Waals surface area contributed by atoms with Gasteiger partial charge in [0.15, 0.2) is 5.82 Å². The summed E-state index contributed by atoms with van der Waals surface area (Å²) in [6.07, 6.45) is 1.11. The first-order chi connectivity index (χ1) is 9.78. The first-order valence-electron chi connectivity index (χ1n) is 7.29. The van der Waals surface area contributed by atoms with E-state index >= 15 is 0 Å². The van der Waals surface area contributed by atoms with Crippen molar-refractivity contribution in [1.29, 1.82) is 0 Å². The molecule has 0 bridgehead atoms. The predicted octanol–water partition coefficient (Wildman–Crippen LogP) is 2.05. The van der Waals surface area contributed by atoms with E-state index in [1.165, 1.54) is 11.3 Å². The summed E-state index contributed by atoms with van der Waals surface area (Å²) in [4.78, 5) is 11.8. The number of anilines is 1. The van der Waals surface area contributed by atoms with E-state index in [-0.39, 0.29) is 6.10 Å². The van der Waals surface area contributed by atoms with Gasteiger partial charge in [0, 0.05) is 36.7 Å². The quantitative estimate of drug-likeness (QED) is 0.917. The van der Waals surface area contributed by atoms with E-state index in [0.29, 0.717) is 0 Å². The second-order valence-corrected chi connectivity index (χ2v) is 6.38. The lowest BCUT2D eigenvalue weighted by atomic mass is 10.2. The Kier molecular flexibility index (Phi) is 4.43. The molecule has 1 unspecified atom stereocenters. The molecule has 0 aliphatic carbocycles. The van der Waals surface area contributed by atoms with E-state index in [2.05, 4.69) is 24.2 Å². The first-order valence-corrected chi connectivity index (χ1v) is 8.45. The standard InChI is InChI=1S/C14H22N4OS/c1-3-4-15-13-10-8-20-9-11(10)16-14(17-13)12-7-18(2)5-6-19-12/h12H,3-9H2,1-2H3,(H,15,16,17). The van der Waals surface area contributed by atoms with Gasteiger partial charge in [0.25, 0.3) is 0 Å². The molecule has 1 saturated heterocycles. The van der Waals surface area contributed by atoms with E-state index < -0.39 is 0 Å². The van der Waals surface area contributed by atoms with Crippen molar-refractivity contribution in [3.63, 3.8) is 0 Å². The number of thioether (sulfide) groups is 1. The molecule has 0 amide bonds. The van der Waals surface area contributed by atoms with Crippen molar-refractivity contribution in [3.8, 4) is 0 Å². The zero-order chi connectivity index (χ0) is 13.9. The van der Waals surface area contributed by atoms with E-state index in [4.69, 9.17) is 14.7 Å². The number of hydrogen-bond acceptors (Lipinski definition) is 6. The number of ether oxygens (including phenoxy) is 1. The summed E-state index contributed by atoms with van der Waals surface area (Å²) in [5, 5.41) is 3.45. The Balaban J connectivity index is 1.87. The maximum Gasteiger partial charge on any atom is 0.161 e. The Bertz CT molecular complexity index is 482. The molecule has 0 spiro atoms. The van der Waals surface area contributed by atoms with E-state index in [1.54, 1.807) is 0 Å². The fourth-order valence-electron chi connectivity index (χ4n) is 2.54. The Morgan fingerprint density at radius 3 is 3.10 bits per heavy atom. The molecule has 0 aromatic carbocycles. The van der Waals surface area contributed by atoms with E-state index in [0.717, 1.165) is 55.8 Å². The predicted molar refractivity (Wildman–Crippen MR) is 82.0 cm³/mol. The van der Waals surface area contributed by atoms with Gasteiger partial charge in [-0.25, -0.2) is 9.97 Å². The van der Waals surface area contributed by atoms with Crippen LogP contribution in [-0.4, -0.2) is 48.2 Å². The van der Waals surface area contributed by atoms with Gasteiger partial charge in [-0.3, -0.25) is 0 Å². The topological polar surface area (TPSA) is 50.3 Å². The minimum atomic E-state index is 0.00632. The minimum Gasteiger partial charge on any atom is -0.370 e. The lowest BCUT2D eigenvalue weighted by Gasteiger charge is -2.29. The molecular formula is C14H22N4OS. The molecule has 1 N–H and O–H groups in total. The van der Waals surface area contributed by atoms with Crippen LogP contribution in [0.15, 0.2) is 0 Å². The molecule has 3 heterocycles. The molecule has 1 aromatic rings. The third-order valence-corrected chi connectivity index (χ3v) is 4.67. The zero-order valence-corrected chi connectivity index (χ0v) is 13.0. The van der Waals surface area contributed by atoms with Crippen molar-refractivity contribution in [2.24, 2.45) is 0 Å². The number of aromatic nitrogens is 2. The van der Waals surface area contributed by atoms with Crippen LogP contribution in [0.2, 0.25) is 0 Å². The van der Waals surface area contributed by atoms with Crippen molar-refractivity contribution in [2.75, 3.05) is 38.6 Å². The van der Waals surface area contributed by atoms with Gasteiger partial charge in [-0.05, 0) is 13.5 Å². The number of morpholine rings is 1. The molecule has 6 heteroatoms. The summed E-state index contributed by atoms with van der Waals surface area (Å²) >= 11 is 1.91. The molecule has 3 rings (SSSR count). The highest BCUT2D eigenvalue weighted by molar-refractivity contribution is 7.98. The van der Waals surface area contributed by atoms with Crippen LogP contribution in [0, 0.1) is 0 Å². The van der Waals surface area contributed by atoms with Crippen molar-refractivity contribution in [2.45, 2.75) is 31.0 Å². The summed E-state index contributed by atoms with van der Waals surface area (Å²) in [7, 11) is 2.12. The molecule has 1 fully saturated rings. The summed E-state index contributed by atoms with van der Waals surface area (Å²) in [6.45, 7) is 5.74. The summed E-state index contributed by atoms with van der Waals surface area (Å²) in [5.41, 5.74) is 2.48. The monoisotopic (exact) mass is 294 g/mol. The fourth-order valence-corrected chi connectivity index (χ4v) is 3.58. The van der Waals surface area contributed by atoms with Gasteiger partial charge in [-0.2, -0.15) is 11.8 Å². The summed E-state index contributed by atoms with van der Waals surface area (Å²) in [5.74, 6) is 3.88. The summed E-state index contributed by atoms with van der Waals surface area (Å²) in [6, 6.07) is 0. The Morgan fingerprint density at radius 1 is 1.40 bits per heavy atom. The zero-order valence-electron chi connectivity index (χ0n) is 12.2. The largest absolute Gasteiger partial charge is 0.370 e. The van der Waals surface area contributed by atoms with Crippen LogP contribution >= 0.6 is 11.8 Å². The van der Waals surface area contributed by atoms with Crippen LogP contribution in [0.1, 0.15) is 36.5 Å². The van der Waals surface area contributed by atoms with Crippen molar-refractivity contribution < 1.29 is 4.74 Å². The fraction of sp³-hybridized carbons (Fsp3) is 0.714. The van der Waals surface area contributed by atoms with Crippen molar-refractivity contribution >= 4 is 17.6 Å². The van der Waals surface area contributed by atoms with Crippen molar-refractivity contribution in [1.82, 2.24) is 14.9 Å². The maximum absolute atomic E-state index is 5.85. The highest BCUT2D eigenvalue weighted by Crippen LogP contribution is 2.34. The van der Waals surface area contributed by atoms with Gasteiger partial charge in [0.1, 0.15) is 11.9 Å². The molecule has 0 saturated carbocycles. The maximum atomic E-state index is 5.85. The smallest absolute Gasteiger partial charge is 0.161 e. The average molecular weight is 294 g/mol. The Hall–Kier alpha value is -0.850. The molecule has 1 atom stereocenters. The highest BCUT2D eigenvalue weighted by Gasteiger charge is 2.26. The molecular weight excluding hydrogens is 272 g/mol. The molecule has 5 nitrogen and oxygen atoms in total. The number of nitrogens with one attached hydrogen (secondary N) is 1. The SMILES string of the molecule is CCCNc1nc(C2CN(C)CCO2)nc2c1CSC2. The van der Waals surface area contributed by atoms with Gasteiger partial charge in [0.05, 0.1) is 12.3 Å². The van der Waals surface area contributed by atoms with Crippen LogP contribution in [0.4, 0.5) is 5.82 Å².